The van der Waals surface area contributed by atoms with Crippen molar-refractivity contribution < 1.29 is 9.47 Å². The largest absolute Gasteiger partial charge is 0.383 e. The Balaban J connectivity index is 3.28. The molecule has 0 aliphatic rings. The van der Waals surface area contributed by atoms with Gasteiger partial charge in [-0.05, 0) is 19.8 Å². The molecule has 0 radical (unpaired) electrons. The fourth-order valence-electron chi connectivity index (χ4n) is 1.05. The maximum absolute atomic E-state index is 5.63. The number of nitrogens with one attached hydrogen (secondary N) is 1. The van der Waals surface area contributed by atoms with Gasteiger partial charge in [-0.2, -0.15) is 0 Å². The summed E-state index contributed by atoms with van der Waals surface area (Å²) in [5.74, 6) is 0.589. The van der Waals surface area contributed by atoms with Crippen LogP contribution < -0.4 is 5.32 Å². The molecular weight excluding hydrogens is 178 g/mol. The third kappa shape index (κ3) is 7.30. The normalized spacial score (nSPS) is 15.9. The maximum Gasteiger partial charge on any atom is 0.0613 e. The third-order valence-electron chi connectivity index (χ3n) is 2.33. The van der Waals surface area contributed by atoms with Crippen molar-refractivity contribution in [2.45, 2.75) is 39.8 Å². The predicted octanol–water partition coefficient (Wildman–Crippen LogP) is 1.67. The summed E-state index contributed by atoms with van der Waals surface area (Å²) in [7, 11) is 1.72. The fraction of sp³-hybridized carbons (Fsp3) is 1.00. The van der Waals surface area contributed by atoms with Gasteiger partial charge in [0.2, 0.25) is 0 Å². The SMILES string of the molecule is COCC(C)NCCOC(C)C(C)C. The Morgan fingerprint density at radius 3 is 2.29 bits per heavy atom. The molecule has 0 heterocycles. The Hall–Kier alpha value is -0.120. The van der Waals surface area contributed by atoms with E-state index in [0.717, 1.165) is 19.8 Å². The molecule has 3 nitrogen and oxygen atoms in total. The number of rotatable bonds is 8. The van der Waals surface area contributed by atoms with E-state index in [0.29, 0.717) is 18.1 Å². The average Bonchev–Trinajstić information content (AvgIpc) is 2.12. The summed E-state index contributed by atoms with van der Waals surface area (Å²) in [6.07, 6.45) is 0.342. The Bertz CT molecular complexity index is 128. The van der Waals surface area contributed by atoms with E-state index in [9.17, 15) is 0 Å². The molecule has 0 amide bonds. The van der Waals surface area contributed by atoms with Crippen LogP contribution in [0.3, 0.4) is 0 Å². The molecule has 0 saturated carbocycles. The number of hydrogen-bond donors (Lipinski definition) is 1. The molecule has 86 valence electrons. The summed E-state index contributed by atoms with van der Waals surface area (Å²) in [5.41, 5.74) is 0. The summed E-state index contributed by atoms with van der Waals surface area (Å²) in [6.45, 7) is 11.0. The van der Waals surface area contributed by atoms with Gasteiger partial charge in [0.25, 0.3) is 0 Å². The van der Waals surface area contributed by atoms with E-state index in [1.54, 1.807) is 7.11 Å². The molecular formula is C11H25NO2. The van der Waals surface area contributed by atoms with Crippen molar-refractivity contribution in [2.75, 3.05) is 26.9 Å². The van der Waals surface area contributed by atoms with Gasteiger partial charge < -0.3 is 14.8 Å². The van der Waals surface area contributed by atoms with Gasteiger partial charge in [0.1, 0.15) is 0 Å². The van der Waals surface area contributed by atoms with Crippen LogP contribution in [0, 0.1) is 5.92 Å². The topological polar surface area (TPSA) is 30.5 Å². The second-order valence-electron chi connectivity index (χ2n) is 4.13. The summed E-state index contributed by atoms with van der Waals surface area (Å²) in [6, 6.07) is 0.401. The molecule has 0 spiro atoms. The Morgan fingerprint density at radius 1 is 1.14 bits per heavy atom. The average molecular weight is 203 g/mol. The van der Waals surface area contributed by atoms with Crippen LogP contribution in [-0.2, 0) is 9.47 Å². The zero-order valence-corrected chi connectivity index (χ0v) is 10.2. The standard InChI is InChI=1S/C11H25NO2/c1-9(2)11(4)14-7-6-12-10(3)8-13-5/h9-12H,6-8H2,1-5H3. The van der Waals surface area contributed by atoms with Crippen molar-refractivity contribution in [1.82, 2.24) is 5.32 Å². The molecule has 0 aromatic carbocycles. The van der Waals surface area contributed by atoms with Crippen LogP contribution >= 0.6 is 0 Å². The van der Waals surface area contributed by atoms with Crippen LogP contribution in [0.5, 0.6) is 0 Å². The predicted molar refractivity (Wildman–Crippen MR) is 59.6 cm³/mol. The lowest BCUT2D eigenvalue weighted by molar-refractivity contribution is 0.0353. The molecule has 2 atom stereocenters. The molecule has 1 N–H and O–H groups in total. The zero-order valence-electron chi connectivity index (χ0n) is 10.2. The van der Waals surface area contributed by atoms with E-state index in [4.69, 9.17) is 9.47 Å². The molecule has 14 heavy (non-hydrogen) atoms. The fourth-order valence-corrected chi connectivity index (χ4v) is 1.05. The van der Waals surface area contributed by atoms with Crippen molar-refractivity contribution >= 4 is 0 Å². The lowest BCUT2D eigenvalue weighted by Gasteiger charge is -2.18. The summed E-state index contributed by atoms with van der Waals surface area (Å²) in [5, 5.41) is 3.33. The van der Waals surface area contributed by atoms with Crippen molar-refractivity contribution in [2.24, 2.45) is 5.92 Å². The minimum atomic E-state index is 0.342. The number of hydrogen-bond acceptors (Lipinski definition) is 3. The molecule has 2 unspecified atom stereocenters. The third-order valence-corrected chi connectivity index (χ3v) is 2.33. The Morgan fingerprint density at radius 2 is 1.79 bits per heavy atom. The first-order valence-electron chi connectivity index (χ1n) is 5.41. The lowest BCUT2D eigenvalue weighted by Crippen LogP contribution is -2.33. The van der Waals surface area contributed by atoms with E-state index >= 15 is 0 Å². The first-order chi connectivity index (χ1) is 6.57. The van der Waals surface area contributed by atoms with E-state index in [2.05, 4.69) is 33.0 Å². The second kappa shape index (κ2) is 8.21. The van der Waals surface area contributed by atoms with Crippen LogP contribution in [0.2, 0.25) is 0 Å². The number of ether oxygens (including phenoxy) is 2. The molecule has 3 heteroatoms. The van der Waals surface area contributed by atoms with Crippen molar-refractivity contribution in [3.63, 3.8) is 0 Å². The van der Waals surface area contributed by atoms with Crippen molar-refractivity contribution in [1.29, 1.82) is 0 Å². The molecule has 0 aromatic heterocycles. The van der Waals surface area contributed by atoms with Crippen molar-refractivity contribution in [3.05, 3.63) is 0 Å². The summed E-state index contributed by atoms with van der Waals surface area (Å²) in [4.78, 5) is 0. The van der Waals surface area contributed by atoms with Gasteiger partial charge in [0, 0.05) is 19.7 Å². The van der Waals surface area contributed by atoms with Gasteiger partial charge in [-0.1, -0.05) is 13.8 Å². The summed E-state index contributed by atoms with van der Waals surface area (Å²) >= 11 is 0. The first kappa shape index (κ1) is 13.9. The van der Waals surface area contributed by atoms with E-state index < -0.39 is 0 Å². The molecule has 0 fully saturated rings. The Labute approximate surface area is 88.2 Å². The van der Waals surface area contributed by atoms with Crippen LogP contribution in [0.25, 0.3) is 0 Å². The van der Waals surface area contributed by atoms with E-state index in [1.807, 2.05) is 0 Å². The van der Waals surface area contributed by atoms with Crippen LogP contribution in [0.15, 0.2) is 0 Å². The molecule has 0 rings (SSSR count). The Kier molecular flexibility index (Phi) is 8.14. The zero-order chi connectivity index (χ0) is 11.0. The highest BCUT2D eigenvalue weighted by Gasteiger charge is 2.06. The molecule has 0 bridgehead atoms. The van der Waals surface area contributed by atoms with Crippen LogP contribution in [-0.4, -0.2) is 39.0 Å². The minimum Gasteiger partial charge on any atom is -0.383 e. The van der Waals surface area contributed by atoms with Gasteiger partial charge in [0.15, 0.2) is 0 Å². The molecule has 0 aliphatic heterocycles. The van der Waals surface area contributed by atoms with Gasteiger partial charge >= 0.3 is 0 Å². The smallest absolute Gasteiger partial charge is 0.0613 e. The van der Waals surface area contributed by atoms with Crippen LogP contribution in [0.1, 0.15) is 27.7 Å². The van der Waals surface area contributed by atoms with E-state index in [-0.39, 0.29) is 0 Å². The maximum atomic E-state index is 5.63. The minimum absolute atomic E-state index is 0.342. The highest BCUT2D eigenvalue weighted by molar-refractivity contribution is 4.59. The highest BCUT2D eigenvalue weighted by atomic mass is 16.5. The second-order valence-corrected chi connectivity index (χ2v) is 4.13. The van der Waals surface area contributed by atoms with Crippen molar-refractivity contribution in [3.8, 4) is 0 Å². The molecule has 0 aliphatic carbocycles. The number of methoxy groups -OCH3 is 1. The van der Waals surface area contributed by atoms with E-state index in [1.165, 1.54) is 0 Å². The monoisotopic (exact) mass is 203 g/mol. The molecule has 0 aromatic rings. The van der Waals surface area contributed by atoms with Gasteiger partial charge in [0.05, 0.1) is 19.3 Å². The van der Waals surface area contributed by atoms with Gasteiger partial charge in [-0.15, -0.1) is 0 Å². The lowest BCUT2D eigenvalue weighted by atomic mass is 10.1. The quantitative estimate of drug-likeness (QED) is 0.609. The first-order valence-corrected chi connectivity index (χ1v) is 5.41. The van der Waals surface area contributed by atoms with Gasteiger partial charge in [-0.3, -0.25) is 0 Å². The molecule has 0 saturated heterocycles. The van der Waals surface area contributed by atoms with Gasteiger partial charge in [-0.25, -0.2) is 0 Å². The summed E-state index contributed by atoms with van der Waals surface area (Å²) < 4.78 is 10.6. The van der Waals surface area contributed by atoms with Crippen LogP contribution in [0.4, 0.5) is 0 Å². The highest BCUT2D eigenvalue weighted by Crippen LogP contribution is 2.03.